The quantitative estimate of drug-likeness (QED) is 0.802. The van der Waals surface area contributed by atoms with E-state index in [1.54, 1.807) is 11.0 Å². The number of aryl methyl sites for hydroxylation is 2. The van der Waals surface area contributed by atoms with Gasteiger partial charge in [0.05, 0.1) is 11.7 Å². The third-order valence-corrected chi connectivity index (χ3v) is 4.05. The number of rotatable bonds is 4. The van der Waals surface area contributed by atoms with E-state index in [1.165, 1.54) is 6.33 Å². The van der Waals surface area contributed by atoms with Crippen LogP contribution in [0.5, 0.6) is 0 Å². The maximum absolute atomic E-state index is 12.5. The van der Waals surface area contributed by atoms with Crippen LogP contribution >= 0.6 is 0 Å². The Hall–Kier alpha value is -2.95. The summed E-state index contributed by atoms with van der Waals surface area (Å²) in [6, 6.07) is 13.7. The number of aromatic nitrogens is 3. The standard InChI is InChI=1S/C19H20N4O/c1-13-4-9-18(14(2)10-13)19(24)22-15(3)16-5-7-17(8-6-16)23-12-20-11-21-23/h4-12,15H,1-3H3,(H,22,24). The van der Waals surface area contributed by atoms with Gasteiger partial charge in [0.2, 0.25) is 0 Å². The lowest BCUT2D eigenvalue weighted by Crippen LogP contribution is -2.27. The summed E-state index contributed by atoms with van der Waals surface area (Å²) in [4.78, 5) is 16.4. The zero-order valence-electron chi connectivity index (χ0n) is 14.0. The highest BCUT2D eigenvalue weighted by Crippen LogP contribution is 2.17. The van der Waals surface area contributed by atoms with Crippen molar-refractivity contribution < 1.29 is 4.79 Å². The first kappa shape index (κ1) is 15.9. The minimum absolute atomic E-state index is 0.0552. The fourth-order valence-electron chi connectivity index (χ4n) is 2.68. The second-order valence-electron chi connectivity index (χ2n) is 5.95. The van der Waals surface area contributed by atoms with E-state index in [0.717, 1.165) is 22.4 Å². The second kappa shape index (κ2) is 6.66. The number of amides is 1. The molecule has 1 amide bonds. The van der Waals surface area contributed by atoms with Gasteiger partial charge in [-0.15, -0.1) is 0 Å². The van der Waals surface area contributed by atoms with Crippen molar-refractivity contribution in [3.8, 4) is 5.69 Å². The SMILES string of the molecule is Cc1ccc(C(=O)NC(C)c2ccc(-n3cncn3)cc2)c(C)c1. The number of nitrogens with zero attached hydrogens (tertiary/aromatic N) is 3. The lowest BCUT2D eigenvalue weighted by Gasteiger charge is -2.16. The molecule has 1 heterocycles. The normalized spacial score (nSPS) is 12.0. The molecule has 1 unspecified atom stereocenters. The van der Waals surface area contributed by atoms with Crippen LogP contribution in [0, 0.1) is 13.8 Å². The van der Waals surface area contributed by atoms with E-state index >= 15 is 0 Å². The highest BCUT2D eigenvalue weighted by atomic mass is 16.1. The summed E-state index contributed by atoms with van der Waals surface area (Å²) < 4.78 is 1.70. The Balaban J connectivity index is 1.72. The van der Waals surface area contributed by atoms with Gasteiger partial charge in [0.25, 0.3) is 5.91 Å². The molecule has 3 aromatic rings. The van der Waals surface area contributed by atoms with Crippen LogP contribution < -0.4 is 5.32 Å². The molecule has 2 aromatic carbocycles. The van der Waals surface area contributed by atoms with Crippen LogP contribution in [0.3, 0.4) is 0 Å². The first-order valence-corrected chi connectivity index (χ1v) is 7.87. The summed E-state index contributed by atoms with van der Waals surface area (Å²) in [5, 5.41) is 7.15. The molecule has 3 rings (SSSR count). The van der Waals surface area contributed by atoms with Gasteiger partial charge in [0.1, 0.15) is 12.7 Å². The highest BCUT2D eigenvalue weighted by Gasteiger charge is 2.13. The molecule has 0 saturated carbocycles. The molecule has 1 aromatic heterocycles. The lowest BCUT2D eigenvalue weighted by molar-refractivity contribution is 0.0939. The molecule has 24 heavy (non-hydrogen) atoms. The van der Waals surface area contributed by atoms with Crippen LogP contribution in [0.25, 0.3) is 5.69 Å². The molecular weight excluding hydrogens is 300 g/mol. The van der Waals surface area contributed by atoms with Gasteiger partial charge in [-0.25, -0.2) is 9.67 Å². The predicted molar refractivity (Wildman–Crippen MR) is 93.2 cm³/mol. The second-order valence-corrected chi connectivity index (χ2v) is 5.95. The van der Waals surface area contributed by atoms with Crippen LogP contribution in [0.1, 0.15) is 40.0 Å². The summed E-state index contributed by atoms with van der Waals surface area (Å²) in [6.07, 6.45) is 3.15. The van der Waals surface area contributed by atoms with Crippen molar-refractivity contribution in [2.45, 2.75) is 26.8 Å². The van der Waals surface area contributed by atoms with Crippen molar-refractivity contribution in [3.05, 3.63) is 77.4 Å². The number of hydrogen-bond acceptors (Lipinski definition) is 3. The van der Waals surface area contributed by atoms with Crippen molar-refractivity contribution >= 4 is 5.91 Å². The minimum atomic E-state index is -0.0806. The third kappa shape index (κ3) is 3.35. The summed E-state index contributed by atoms with van der Waals surface area (Å²) in [5.41, 5.74) is 4.83. The van der Waals surface area contributed by atoms with Gasteiger partial charge in [-0.05, 0) is 50.1 Å². The molecule has 122 valence electrons. The van der Waals surface area contributed by atoms with Crippen LogP contribution in [0.4, 0.5) is 0 Å². The average molecular weight is 320 g/mol. The largest absolute Gasteiger partial charge is 0.346 e. The molecule has 0 radical (unpaired) electrons. The molecule has 0 saturated heterocycles. The van der Waals surface area contributed by atoms with Gasteiger partial charge in [-0.2, -0.15) is 5.10 Å². The lowest BCUT2D eigenvalue weighted by atomic mass is 10.0. The summed E-state index contributed by atoms with van der Waals surface area (Å²) in [7, 11) is 0. The van der Waals surface area contributed by atoms with Gasteiger partial charge >= 0.3 is 0 Å². The number of carbonyl (C=O) groups excluding carboxylic acids is 1. The summed E-state index contributed by atoms with van der Waals surface area (Å²) in [5.74, 6) is -0.0552. The minimum Gasteiger partial charge on any atom is -0.346 e. The maximum Gasteiger partial charge on any atom is 0.252 e. The molecule has 0 aliphatic carbocycles. The van der Waals surface area contributed by atoms with Crippen molar-refractivity contribution in [2.24, 2.45) is 0 Å². The summed E-state index contributed by atoms with van der Waals surface area (Å²) in [6.45, 7) is 5.96. The van der Waals surface area contributed by atoms with E-state index in [-0.39, 0.29) is 11.9 Å². The van der Waals surface area contributed by atoms with Crippen LogP contribution in [-0.2, 0) is 0 Å². The van der Waals surface area contributed by atoms with Gasteiger partial charge in [-0.3, -0.25) is 4.79 Å². The Bertz CT molecular complexity index is 838. The van der Waals surface area contributed by atoms with Crippen LogP contribution in [0.2, 0.25) is 0 Å². The smallest absolute Gasteiger partial charge is 0.252 e. The van der Waals surface area contributed by atoms with E-state index in [9.17, 15) is 4.79 Å². The Labute approximate surface area is 141 Å². The monoisotopic (exact) mass is 320 g/mol. The molecule has 0 fully saturated rings. The Morgan fingerprint density at radius 2 is 1.88 bits per heavy atom. The average Bonchev–Trinajstić information content (AvgIpc) is 3.09. The molecule has 0 spiro atoms. The van der Waals surface area contributed by atoms with Gasteiger partial charge in [0, 0.05) is 5.56 Å². The van der Waals surface area contributed by atoms with Gasteiger partial charge < -0.3 is 5.32 Å². The first-order valence-electron chi connectivity index (χ1n) is 7.87. The summed E-state index contributed by atoms with van der Waals surface area (Å²) >= 11 is 0. The molecule has 1 N–H and O–H groups in total. The zero-order chi connectivity index (χ0) is 17.1. The Kier molecular flexibility index (Phi) is 4.42. The molecule has 0 aliphatic heterocycles. The highest BCUT2D eigenvalue weighted by molar-refractivity contribution is 5.95. The number of benzene rings is 2. The number of hydrogen-bond donors (Lipinski definition) is 1. The molecule has 0 aliphatic rings. The van der Waals surface area contributed by atoms with Crippen molar-refractivity contribution in [3.63, 3.8) is 0 Å². The van der Waals surface area contributed by atoms with Crippen molar-refractivity contribution in [1.82, 2.24) is 20.1 Å². The van der Waals surface area contributed by atoms with Crippen LogP contribution in [-0.4, -0.2) is 20.7 Å². The number of carbonyl (C=O) groups is 1. The van der Waals surface area contributed by atoms with E-state index in [4.69, 9.17) is 0 Å². The molecule has 5 heteroatoms. The van der Waals surface area contributed by atoms with Gasteiger partial charge in [-0.1, -0.05) is 29.8 Å². The molecule has 0 bridgehead atoms. The van der Waals surface area contributed by atoms with E-state index in [0.29, 0.717) is 5.56 Å². The van der Waals surface area contributed by atoms with Crippen molar-refractivity contribution in [1.29, 1.82) is 0 Å². The Morgan fingerprint density at radius 1 is 1.12 bits per heavy atom. The van der Waals surface area contributed by atoms with Gasteiger partial charge in [0.15, 0.2) is 0 Å². The number of nitrogens with one attached hydrogen (secondary N) is 1. The first-order chi connectivity index (χ1) is 11.5. The molecular formula is C19H20N4O. The zero-order valence-corrected chi connectivity index (χ0v) is 14.0. The molecule has 5 nitrogen and oxygen atoms in total. The predicted octanol–water partition coefficient (Wildman–Crippen LogP) is 3.38. The fourth-order valence-corrected chi connectivity index (χ4v) is 2.68. The van der Waals surface area contributed by atoms with E-state index in [2.05, 4.69) is 15.4 Å². The van der Waals surface area contributed by atoms with Crippen LogP contribution in [0.15, 0.2) is 55.1 Å². The van der Waals surface area contributed by atoms with E-state index in [1.807, 2.05) is 63.2 Å². The fraction of sp³-hybridized carbons (Fsp3) is 0.211. The maximum atomic E-state index is 12.5. The van der Waals surface area contributed by atoms with Crippen molar-refractivity contribution in [2.75, 3.05) is 0 Å². The topological polar surface area (TPSA) is 59.8 Å². The molecule has 1 atom stereocenters. The third-order valence-electron chi connectivity index (χ3n) is 4.05. The Morgan fingerprint density at radius 3 is 2.50 bits per heavy atom. The van der Waals surface area contributed by atoms with E-state index < -0.39 is 0 Å².